The predicted molar refractivity (Wildman–Crippen MR) is 121 cm³/mol. The maximum atomic E-state index is 12.7. The summed E-state index contributed by atoms with van der Waals surface area (Å²) in [7, 11) is 0. The minimum atomic E-state index is -0.167. The van der Waals surface area contributed by atoms with Gasteiger partial charge >= 0.3 is 0 Å². The molecule has 29 heavy (non-hydrogen) atoms. The van der Waals surface area contributed by atoms with Crippen molar-refractivity contribution in [3.05, 3.63) is 82.4 Å². The van der Waals surface area contributed by atoms with Gasteiger partial charge in [0.15, 0.2) is 0 Å². The van der Waals surface area contributed by atoms with Crippen LogP contribution in [0, 0.1) is 12.3 Å². The van der Waals surface area contributed by atoms with Crippen molar-refractivity contribution < 1.29 is 9.21 Å². The highest BCUT2D eigenvalue weighted by Crippen LogP contribution is 2.40. The molecular weight excluding hydrogens is 358 g/mol. The lowest BCUT2D eigenvalue weighted by Crippen LogP contribution is -2.19. The van der Waals surface area contributed by atoms with E-state index in [1.54, 1.807) is 12.3 Å². The number of aryl methyl sites for hydroxylation is 1. The third-order valence-electron chi connectivity index (χ3n) is 5.63. The van der Waals surface area contributed by atoms with Crippen molar-refractivity contribution in [1.29, 1.82) is 0 Å². The fraction of sp³-hybridized carbons (Fsp3) is 0.346. The first kappa shape index (κ1) is 20.9. The predicted octanol–water partition coefficient (Wildman–Crippen LogP) is 7.33. The summed E-state index contributed by atoms with van der Waals surface area (Å²) in [6, 6.07) is 9.48. The highest BCUT2D eigenvalue weighted by atomic mass is 16.3. The summed E-state index contributed by atoms with van der Waals surface area (Å²) < 4.78 is 5.59. The third kappa shape index (κ3) is 5.17. The van der Waals surface area contributed by atoms with E-state index >= 15 is 0 Å². The third-order valence-corrected chi connectivity index (χ3v) is 5.63. The van der Waals surface area contributed by atoms with Gasteiger partial charge in [0, 0.05) is 5.69 Å². The van der Waals surface area contributed by atoms with E-state index in [1.807, 2.05) is 44.2 Å². The van der Waals surface area contributed by atoms with Gasteiger partial charge in [0.1, 0.15) is 5.76 Å². The molecule has 1 heterocycles. The van der Waals surface area contributed by atoms with Crippen LogP contribution in [0.2, 0.25) is 0 Å². The Morgan fingerprint density at radius 2 is 2.00 bits per heavy atom. The first-order valence-electron chi connectivity index (χ1n) is 10.3. The van der Waals surface area contributed by atoms with Gasteiger partial charge in [-0.25, -0.2) is 0 Å². The SMILES string of the molecule is CC1=C(C=C/C(C)=C/c2occc2C(=O)Nc2cccc(C)c2)C(C)(C)CCC1. The fourth-order valence-corrected chi connectivity index (χ4v) is 4.02. The molecule has 0 aliphatic heterocycles. The van der Waals surface area contributed by atoms with Gasteiger partial charge in [0.05, 0.1) is 11.8 Å². The van der Waals surface area contributed by atoms with E-state index in [-0.39, 0.29) is 11.3 Å². The van der Waals surface area contributed by atoms with Crippen molar-refractivity contribution in [2.45, 2.75) is 53.9 Å². The second-order valence-corrected chi connectivity index (χ2v) is 8.68. The number of hydrogen-bond donors (Lipinski definition) is 1. The average Bonchev–Trinajstić information content (AvgIpc) is 3.09. The Kier molecular flexibility index (Phi) is 6.26. The van der Waals surface area contributed by atoms with Crippen molar-refractivity contribution >= 4 is 17.7 Å². The van der Waals surface area contributed by atoms with Crippen molar-refractivity contribution in [3.63, 3.8) is 0 Å². The summed E-state index contributed by atoms with van der Waals surface area (Å²) in [4.78, 5) is 12.7. The number of nitrogens with one attached hydrogen (secondary N) is 1. The maximum absolute atomic E-state index is 12.7. The van der Waals surface area contributed by atoms with Crippen molar-refractivity contribution in [1.82, 2.24) is 0 Å². The summed E-state index contributed by atoms with van der Waals surface area (Å²) in [6.07, 6.45) is 11.5. The van der Waals surface area contributed by atoms with Crippen molar-refractivity contribution in [3.8, 4) is 0 Å². The maximum Gasteiger partial charge on any atom is 0.259 e. The molecule has 1 aromatic heterocycles. The number of furan rings is 1. The van der Waals surface area contributed by atoms with E-state index in [2.05, 4.69) is 38.2 Å². The van der Waals surface area contributed by atoms with Crippen LogP contribution in [0.1, 0.15) is 68.6 Å². The lowest BCUT2D eigenvalue weighted by molar-refractivity contribution is 0.102. The monoisotopic (exact) mass is 389 g/mol. The number of rotatable bonds is 5. The minimum absolute atomic E-state index is 0.167. The first-order chi connectivity index (χ1) is 13.8. The largest absolute Gasteiger partial charge is 0.464 e. The number of carbonyl (C=O) groups excluding carboxylic acids is 1. The fourth-order valence-electron chi connectivity index (χ4n) is 4.02. The number of amides is 1. The van der Waals surface area contributed by atoms with Crippen LogP contribution in [-0.2, 0) is 0 Å². The Balaban J connectivity index is 1.77. The topological polar surface area (TPSA) is 42.2 Å². The molecule has 0 saturated carbocycles. The highest BCUT2D eigenvalue weighted by molar-refractivity contribution is 6.06. The molecular formula is C26H31NO2. The number of anilines is 1. The van der Waals surface area contributed by atoms with Crippen LogP contribution in [0.5, 0.6) is 0 Å². The molecule has 2 aromatic rings. The molecule has 0 saturated heterocycles. The molecule has 0 bridgehead atoms. The van der Waals surface area contributed by atoms with Crippen molar-refractivity contribution in [2.24, 2.45) is 5.41 Å². The molecule has 0 spiro atoms. The van der Waals surface area contributed by atoms with Crippen LogP contribution < -0.4 is 5.32 Å². The molecule has 3 nitrogen and oxygen atoms in total. The summed E-state index contributed by atoms with van der Waals surface area (Å²) in [5.74, 6) is 0.408. The van der Waals surface area contributed by atoms with Gasteiger partial charge in [-0.05, 0) is 86.4 Å². The molecule has 0 radical (unpaired) electrons. The standard InChI is InChI=1S/C26H31NO2/c1-18-8-6-10-21(16-18)27-25(28)22-13-15-29-24(22)17-19(2)11-12-23-20(3)9-7-14-26(23,4)5/h6,8,10-13,15-17H,7,9,14H2,1-5H3,(H,27,28)/b12-11?,19-17+. The molecule has 1 N–H and O–H groups in total. The van der Waals surface area contributed by atoms with Crippen LogP contribution in [0.4, 0.5) is 5.69 Å². The number of allylic oxidation sites excluding steroid dienone is 5. The zero-order valence-corrected chi connectivity index (χ0v) is 18.1. The lowest BCUT2D eigenvalue weighted by atomic mass is 9.72. The Hall–Kier alpha value is -2.81. The molecule has 0 unspecified atom stereocenters. The zero-order chi connectivity index (χ0) is 21.0. The molecule has 1 aliphatic rings. The zero-order valence-electron chi connectivity index (χ0n) is 18.1. The van der Waals surface area contributed by atoms with E-state index < -0.39 is 0 Å². The smallest absolute Gasteiger partial charge is 0.259 e. The molecule has 1 aliphatic carbocycles. The Bertz CT molecular complexity index is 986. The van der Waals surface area contributed by atoms with Gasteiger partial charge in [-0.1, -0.05) is 43.7 Å². The Labute approximate surface area is 174 Å². The van der Waals surface area contributed by atoms with E-state index in [0.717, 1.165) is 16.8 Å². The lowest BCUT2D eigenvalue weighted by Gasteiger charge is -2.32. The summed E-state index contributed by atoms with van der Waals surface area (Å²) in [5, 5.41) is 2.95. The Morgan fingerprint density at radius 3 is 2.72 bits per heavy atom. The van der Waals surface area contributed by atoms with Gasteiger partial charge < -0.3 is 9.73 Å². The van der Waals surface area contributed by atoms with Gasteiger partial charge in [-0.3, -0.25) is 4.79 Å². The van der Waals surface area contributed by atoms with Gasteiger partial charge in [-0.2, -0.15) is 0 Å². The molecule has 0 fully saturated rings. The second-order valence-electron chi connectivity index (χ2n) is 8.68. The number of benzene rings is 1. The molecule has 3 heteroatoms. The van der Waals surface area contributed by atoms with Crippen LogP contribution in [0.15, 0.2) is 69.9 Å². The van der Waals surface area contributed by atoms with E-state index in [1.165, 1.54) is 30.4 Å². The van der Waals surface area contributed by atoms with E-state index in [0.29, 0.717) is 11.3 Å². The summed E-state index contributed by atoms with van der Waals surface area (Å²) in [5.41, 5.74) is 6.58. The van der Waals surface area contributed by atoms with Crippen LogP contribution in [0.25, 0.3) is 6.08 Å². The quantitative estimate of drug-likeness (QED) is 0.544. The van der Waals surface area contributed by atoms with E-state index in [4.69, 9.17) is 4.42 Å². The van der Waals surface area contributed by atoms with Crippen molar-refractivity contribution in [2.75, 3.05) is 5.32 Å². The molecule has 1 amide bonds. The van der Waals surface area contributed by atoms with E-state index in [9.17, 15) is 4.79 Å². The second kappa shape index (κ2) is 8.69. The molecule has 1 aromatic carbocycles. The summed E-state index contributed by atoms with van der Waals surface area (Å²) in [6.45, 7) is 10.9. The number of carbonyl (C=O) groups is 1. The first-order valence-corrected chi connectivity index (χ1v) is 10.3. The highest BCUT2D eigenvalue weighted by Gasteiger charge is 2.26. The number of hydrogen-bond acceptors (Lipinski definition) is 2. The van der Waals surface area contributed by atoms with Gasteiger partial charge in [-0.15, -0.1) is 0 Å². The summed E-state index contributed by atoms with van der Waals surface area (Å²) >= 11 is 0. The normalized spacial score (nSPS) is 17.1. The van der Waals surface area contributed by atoms with Crippen LogP contribution in [-0.4, -0.2) is 5.91 Å². The molecule has 3 rings (SSSR count). The molecule has 152 valence electrons. The average molecular weight is 390 g/mol. The van der Waals surface area contributed by atoms with Gasteiger partial charge in [0.25, 0.3) is 5.91 Å². The minimum Gasteiger partial charge on any atom is -0.464 e. The van der Waals surface area contributed by atoms with Gasteiger partial charge in [0.2, 0.25) is 0 Å². The van der Waals surface area contributed by atoms with Crippen LogP contribution >= 0.6 is 0 Å². The Morgan fingerprint density at radius 1 is 1.21 bits per heavy atom. The molecule has 0 atom stereocenters. The van der Waals surface area contributed by atoms with Crippen LogP contribution in [0.3, 0.4) is 0 Å².